The van der Waals surface area contributed by atoms with Gasteiger partial charge in [0.2, 0.25) is 0 Å². The first-order chi connectivity index (χ1) is 9.74. The molecule has 1 aliphatic carbocycles. The molecule has 1 aliphatic heterocycles. The van der Waals surface area contributed by atoms with Gasteiger partial charge < -0.3 is 5.11 Å². The maximum atomic E-state index is 11.6. The summed E-state index contributed by atoms with van der Waals surface area (Å²) in [5.74, 6) is 0.511. The summed E-state index contributed by atoms with van der Waals surface area (Å²) >= 11 is 0. The normalized spacial score (nSPS) is 25.3. The minimum Gasteiger partial charge on any atom is -0.480 e. The average molecular weight is 273 g/mol. The van der Waals surface area contributed by atoms with Gasteiger partial charge in [0.05, 0.1) is 0 Å². The van der Waals surface area contributed by atoms with Crippen LogP contribution in [0.25, 0.3) is 0 Å². The van der Waals surface area contributed by atoms with Gasteiger partial charge in [-0.05, 0) is 36.8 Å². The largest absolute Gasteiger partial charge is 0.480 e. The molecule has 2 atom stereocenters. The van der Waals surface area contributed by atoms with E-state index in [9.17, 15) is 9.90 Å². The number of carboxylic acids is 1. The van der Waals surface area contributed by atoms with Crippen LogP contribution in [-0.2, 0) is 4.79 Å². The minimum atomic E-state index is -0.634. The Morgan fingerprint density at radius 2 is 2.00 bits per heavy atom. The zero-order chi connectivity index (χ0) is 13.9. The molecule has 1 N–H and O–H groups in total. The first-order valence-electron chi connectivity index (χ1n) is 7.76. The van der Waals surface area contributed by atoms with E-state index >= 15 is 0 Å². The molecule has 0 radical (unpaired) electrons. The predicted molar refractivity (Wildman–Crippen MR) is 78.8 cm³/mol. The molecule has 20 heavy (non-hydrogen) atoms. The van der Waals surface area contributed by atoms with Crippen molar-refractivity contribution in [3.8, 4) is 0 Å². The first-order valence-corrected chi connectivity index (χ1v) is 7.76. The summed E-state index contributed by atoms with van der Waals surface area (Å²) in [5.41, 5.74) is 1.35. The Labute approximate surface area is 120 Å². The summed E-state index contributed by atoms with van der Waals surface area (Å²) in [6.07, 6.45) is 5.65. The lowest BCUT2D eigenvalue weighted by Crippen LogP contribution is -2.41. The third kappa shape index (κ3) is 2.88. The van der Waals surface area contributed by atoms with Gasteiger partial charge in [0.15, 0.2) is 0 Å². The zero-order valence-corrected chi connectivity index (χ0v) is 11.9. The van der Waals surface area contributed by atoms with Crippen LogP contribution in [0.1, 0.15) is 43.6 Å². The minimum absolute atomic E-state index is 0.269. The maximum Gasteiger partial charge on any atom is 0.320 e. The highest BCUT2D eigenvalue weighted by molar-refractivity contribution is 5.73. The molecular weight excluding hydrogens is 250 g/mol. The summed E-state index contributed by atoms with van der Waals surface area (Å²) in [4.78, 5) is 13.8. The number of likely N-dealkylation sites (tertiary alicyclic amines) is 1. The Hall–Kier alpha value is -1.35. The lowest BCUT2D eigenvalue weighted by Gasteiger charge is -2.32. The van der Waals surface area contributed by atoms with Gasteiger partial charge in [-0.2, -0.15) is 0 Å². The van der Waals surface area contributed by atoms with Crippen LogP contribution in [0.2, 0.25) is 0 Å². The summed E-state index contributed by atoms with van der Waals surface area (Å²) < 4.78 is 0. The first kappa shape index (κ1) is 13.6. The fourth-order valence-corrected chi connectivity index (χ4v) is 3.52. The van der Waals surface area contributed by atoms with Crippen molar-refractivity contribution in [3.05, 3.63) is 35.9 Å². The molecular formula is C17H23NO2. The summed E-state index contributed by atoms with van der Waals surface area (Å²) in [5, 5.41) is 9.52. The van der Waals surface area contributed by atoms with E-state index in [0.29, 0.717) is 11.8 Å². The maximum absolute atomic E-state index is 11.6. The molecule has 1 heterocycles. The number of rotatable bonds is 5. The van der Waals surface area contributed by atoms with Gasteiger partial charge in [0, 0.05) is 6.54 Å². The highest BCUT2D eigenvalue weighted by atomic mass is 16.4. The van der Waals surface area contributed by atoms with E-state index in [2.05, 4.69) is 29.2 Å². The molecule has 2 aliphatic rings. The molecule has 2 fully saturated rings. The summed E-state index contributed by atoms with van der Waals surface area (Å²) in [6.45, 7) is 1.82. The molecule has 1 aromatic carbocycles. The van der Waals surface area contributed by atoms with Crippen LogP contribution >= 0.6 is 0 Å². The van der Waals surface area contributed by atoms with E-state index in [1.165, 1.54) is 24.8 Å². The van der Waals surface area contributed by atoms with Gasteiger partial charge in [-0.25, -0.2) is 0 Å². The van der Waals surface area contributed by atoms with Gasteiger partial charge in [0.1, 0.15) is 6.04 Å². The van der Waals surface area contributed by atoms with Crippen LogP contribution in [-0.4, -0.2) is 35.1 Å². The van der Waals surface area contributed by atoms with E-state index in [1.54, 1.807) is 0 Å². The Morgan fingerprint density at radius 3 is 2.60 bits per heavy atom. The molecule has 0 unspecified atom stereocenters. The zero-order valence-electron chi connectivity index (χ0n) is 11.9. The van der Waals surface area contributed by atoms with Gasteiger partial charge >= 0.3 is 5.97 Å². The van der Waals surface area contributed by atoms with Crippen molar-refractivity contribution in [3.63, 3.8) is 0 Å². The lowest BCUT2D eigenvalue weighted by atomic mass is 9.80. The second-order valence-electron chi connectivity index (χ2n) is 6.28. The summed E-state index contributed by atoms with van der Waals surface area (Å²) in [6, 6.07) is 10.2. The molecule has 0 aromatic heterocycles. The number of nitrogens with zero attached hydrogens (tertiary/aromatic N) is 1. The van der Waals surface area contributed by atoms with Gasteiger partial charge in [-0.3, -0.25) is 9.69 Å². The van der Waals surface area contributed by atoms with Crippen LogP contribution in [0, 0.1) is 5.92 Å². The van der Waals surface area contributed by atoms with Crippen molar-refractivity contribution in [2.75, 3.05) is 13.1 Å². The number of benzene rings is 1. The Kier molecular flexibility index (Phi) is 4.06. The number of hydrogen-bond acceptors (Lipinski definition) is 2. The number of carbonyl (C=O) groups is 1. The molecule has 3 rings (SSSR count). The standard InChI is InChI=1S/C17H23NO2/c19-17(20)16(11-13-5-4-6-13)18-10-9-15(12-18)14-7-2-1-3-8-14/h1-3,7-8,13,15-16H,4-6,9-12H2,(H,19,20)/t15-,16-/m1/s1. The quantitative estimate of drug-likeness (QED) is 0.896. The van der Waals surface area contributed by atoms with E-state index < -0.39 is 5.97 Å². The molecule has 1 aromatic rings. The Morgan fingerprint density at radius 1 is 1.25 bits per heavy atom. The second-order valence-corrected chi connectivity index (χ2v) is 6.28. The van der Waals surface area contributed by atoms with Gasteiger partial charge in [-0.1, -0.05) is 49.6 Å². The average Bonchev–Trinajstić information content (AvgIpc) is 2.87. The monoisotopic (exact) mass is 273 g/mol. The fourth-order valence-electron chi connectivity index (χ4n) is 3.52. The van der Waals surface area contributed by atoms with Crippen molar-refractivity contribution in [1.29, 1.82) is 0 Å². The Bertz CT molecular complexity index is 455. The second kappa shape index (κ2) is 5.96. The third-order valence-electron chi connectivity index (χ3n) is 5.00. The highest BCUT2D eigenvalue weighted by Gasteiger charge is 2.35. The van der Waals surface area contributed by atoms with Crippen molar-refractivity contribution in [2.45, 2.75) is 44.1 Å². The van der Waals surface area contributed by atoms with Gasteiger partial charge in [-0.15, -0.1) is 0 Å². The van der Waals surface area contributed by atoms with Crippen LogP contribution in [0.15, 0.2) is 30.3 Å². The van der Waals surface area contributed by atoms with E-state index in [0.717, 1.165) is 25.9 Å². The molecule has 0 bridgehead atoms. The molecule has 0 amide bonds. The lowest BCUT2D eigenvalue weighted by molar-refractivity contribution is -0.143. The topological polar surface area (TPSA) is 40.5 Å². The van der Waals surface area contributed by atoms with Crippen molar-refractivity contribution < 1.29 is 9.90 Å². The van der Waals surface area contributed by atoms with Crippen molar-refractivity contribution in [1.82, 2.24) is 4.90 Å². The van der Waals surface area contributed by atoms with Crippen LogP contribution in [0.5, 0.6) is 0 Å². The van der Waals surface area contributed by atoms with Gasteiger partial charge in [0.25, 0.3) is 0 Å². The third-order valence-corrected chi connectivity index (χ3v) is 5.00. The Balaban J connectivity index is 1.63. The highest BCUT2D eigenvalue weighted by Crippen LogP contribution is 2.34. The predicted octanol–water partition coefficient (Wildman–Crippen LogP) is 3.12. The smallest absolute Gasteiger partial charge is 0.320 e. The number of aliphatic carboxylic acids is 1. The van der Waals surface area contributed by atoms with Crippen LogP contribution in [0.4, 0.5) is 0 Å². The molecule has 1 saturated heterocycles. The molecule has 0 spiro atoms. The molecule has 1 saturated carbocycles. The van der Waals surface area contributed by atoms with Crippen molar-refractivity contribution in [2.24, 2.45) is 5.92 Å². The van der Waals surface area contributed by atoms with Crippen LogP contribution in [0.3, 0.4) is 0 Å². The number of carboxylic acid groups (broad SMARTS) is 1. The van der Waals surface area contributed by atoms with E-state index in [-0.39, 0.29) is 6.04 Å². The molecule has 3 heteroatoms. The fraction of sp³-hybridized carbons (Fsp3) is 0.588. The molecule has 108 valence electrons. The van der Waals surface area contributed by atoms with Crippen molar-refractivity contribution >= 4 is 5.97 Å². The SMILES string of the molecule is O=C(O)[C@@H](CC1CCC1)N1CC[C@@H](c2ccccc2)C1. The van der Waals surface area contributed by atoms with E-state index in [4.69, 9.17) is 0 Å². The van der Waals surface area contributed by atoms with Crippen LogP contribution < -0.4 is 0 Å². The summed E-state index contributed by atoms with van der Waals surface area (Å²) in [7, 11) is 0. The van der Waals surface area contributed by atoms with E-state index in [1.807, 2.05) is 6.07 Å². The molecule has 3 nitrogen and oxygen atoms in total. The number of hydrogen-bond donors (Lipinski definition) is 1.